The van der Waals surface area contributed by atoms with E-state index in [4.69, 9.17) is 9.47 Å². The first kappa shape index (κ1) is 26.2. The summed E-state index contributed by atoms with van der Waals surface area (Å²) in [5.74, 6) is 3.52. The van der Waals surface area contributed by atoms with E-state index in [1.165, 1.54) is 54.8 Å². The molecule has 0 N–H and O–H groups in total. The number of rotatable bonds is 3. The molecule has 10 rings (SSSR count). The summed E-state index contributed by atoms with van der Waals surface area (Å²) in [6, 6.07) is 58.5. The summed E-state index contributed by atoms with van der Waals surface area (Å²) in [6.45, 7) is 0.0384. The molecule has 0 saturated carbocycles. The molecular formula is C44H27BO2. The molecule has 0 atom stereocenters. The Labute approximate surface area is 273 Å². The second kappa shape index (κ2) is 10.2. The van der Waals surface area contributed by atoms with Crippen LogP contribution in [0.4, 0.5) is 0 Å². The number of para-hydroxylation sites is 1. The molecule has 0 spiro atoms. The third kappa shape index (κ3) is 4.00. The lowest BCUT2D eigenvalue weighted by Gasteiger charge is -2.33. The van der Waals surface area contributed by atoms with Crippen molar-refractivity contribution in [3.8, 4) is 56.4 Å². The standard InChI is InChI=1S/C44H27BO2/c1-2-12-28(13-3-1)42-32-16-4-6-18-34(32)43(35-19-7-5-17-33(35)42)31-15-10-14-29(26-31)30-24-25-39-37(27-30)45-36-20-8-9-21-38(36)46-40-22-11-23-41(47-39)44(40)45/h1-27H. The van der Waals surface area contributed by atoms with Crippen molar-refractivity contribution in [2.24, 2.45) is 0 Å². The van der Waals surface area contributed by atoms with Gasteiger partial charge >= 0.3 is 0 Å². The second-order valence-corrected chi connectivity index (χ2v) is 12.4. The lowest BCUT2D eigenvalue weighted by atomic mass is 9.35. The van der Waals surface area contributed by atoms with Crippen LogP contribution in [0.3, 0.4) is 0 Å². The topological polar surface area (TPSA) is 18.5 Å². The van der Waals surface area contributed by atoms with Gasteiger partial charge in [-0.15, -0.1) is 0 Å². The van der Waals surface area contributed by atoms with E-state index in [2.05, 4.69) is 140 Å². The van der Waals surface area contributed by atoms with Crippen molar-refractivity contribution in [2.45, 2.75) is 0 Å². The lowest BCUT2D eigenvalue weighted by Crippen LogP contribution is -2.57. The van der Waals surface area contributed by atoms with Gasteiger partial charge in [-0.05, 0) is 96.2 Å². The van der Waals surface area contributed by atoms with E-state index in [0.717, 1.165) is 39.5 Å². The Morgan fingerprint density at radius 3 is 1.51 bits per heavy atom. The highest BCUT2D eigenvalue weighted by Crippen LogP contribution is 2.44. The Balaban J connectivity index is 1.16. The van der Waals surface area contributed by atoms with E-state index in [0.29, 0.717) is 0 Å². The normalized spacial score (nSPS) is 12.6. The molecular weight excluding hydrogens is 571 g/mol. The van der Waals surface area contributed by atoms with Crippen LogP contribution in [-0.4, -0.2) is 6.71 Å². The van der Waals surface area contributed by atoms with Crippen LogP contribution in [-0.2, 0) is 0 Å². The largest absolute Gasteiger partial charge is 0.458 e. The Morgan fingerprint density at radius 2 is 0.809 bits per heavy atom. The summed E-state index contributed by atoms with van der Waals surface area (Å²) in [5, 5.41) is 5.03. The third-order valence-electron chi connectivity index (χ3n) is 9.78. The molecule has 0 amide bonds. The highest BCUT2D eigenvalue weighted by Gasteiger charge is 2.39. The molecule has 0 radical (unpaired) electrons. The van der Waals surface area contributed by atoms with E-state index in [9.17, 15) is 0 Å². The predicted octanol–water partition coefficient (Wildman–Crippen LogP) is 9.72. The van der Waals surface area contributed by atoms with Gasteiger partial charge in [-0.25, -0.2) is 0 Å². The van der Waals surface area contributed by atoms with Gasteiger partial charge < -0.3 is 9.47 Å². The van der Waals surface area contributed by atoms with Gasteiger partial charge in [0, 0.05) is 5.46 Å². The van der Waals surface area contributed by atoms with Crippen molar-refractivity contribution < 1.29 is 9.47 Å². The molecule has 8 aromatic rings. The molecule has 0 bridgehead atoms. The van der Waals surface area contributed by atoms with Crippen molar-refractivity contribution in [1.29, 1.82) is 0 Å². The summed E-state index contributed by atoms with van der Waals surface area (Å²) >= 11 is 0. The molecule has 2 aliphatic heterocycles. The van der Waals surface area contributed by atoms with Crippen molar-refractivity contribution in [3.05, 3.63) is 164 Å². The highest BCUT2D eigenvalue weighted by atomic mass is 16.5. The van der Waals surface area contributed by atoms with E-state index < -0.39 is 0 Å². The van der Waals surface area contributed by atoms with Gasteiger partial charge in [0.25, 0.3) is 6.71 Å². The fraction of sp³-hybridized carbons (Fsp3) is 0. The van der Waals surface area contributed by atoms with Crippen LogP contribution in [0.25, 0.3) is 54.9 Å². The van der Waals surface area contributed by atoms with Crippen molar-refractivity contribution >= 4 is 44.6 Å². The first-order valence-electron chi connectivity index (χ1n) is 16.1. The Hall–Kier alpha value is -6.06. The van der Waals surface area contributed by atoms with Crippen molar-refractivity contribution in [2.75, 3.05) is 0 Å². The molecule has 2 aliphatic rings. The average Bonchev–Trinajstić information content (AvgIpc) is 3.14. The van der Waals surface area contributed by atoms with Crippen LogP contribution in [0.1, 0.15) is 0 Å². The second-order valence-electron chi connectivity index (χ2n) is 12.4. The maximum Gasteiger partial charge on any atom is 0.260 e. The summed E-state index contributed by atoms with van der Waals surface area (Å²) in [6.07, 6.45) is 0. The van der Waals surface area contributed by atoms with Crippen LogP contribution in [0.15, 0.2) is 164 Å². The van der Waals surface area contributed by atoms with Gasteiger partial charge in [-0.3, -0.25) is 0 Å². The SMILES string of the molecule is c1ccc(-c2c3ccccc3c(-c3cccc(-c4ccc5c(c4)B4c6ccccc6Oc6cccc(c64)O5)c3)c3ccccc23)cc1. The average molecular weight is 599 g/mol. The minimum atomic E-state index is 0.0384. The van der Waals surface area contributed by atoms with Crippen LogP contribution >= 0.6 is 0 Å². The smallest absolute Gasteiger partial charge is 0.260 e. The van der Waals surface area contributed by atoms with Gasteiger partial charge in [0.2, 0.25) is 0 Å². The lowest BCUT2D eigenvalue weighted by molar-refractivity contribution is 0.464. The van der Waals surface area contributed by atoms with E-state index in [1.54, 1.807) is 0 Å². The fourth-order valence-electron chi connectivity index (χ4n) is 7.77. The summed E-state index contributed by atoms with van der Waals surface area (Å²) in [4.78, 5) is 0. The van der Waals surface area contributed by atoms with Gasteiger partial charge in [0.1, 0.15) is 23.0 Å². The number of ether oxygens (including phenoxy) is 2. The van der Waals surface area contributed by atoms with Crippen LogP contribution in [0, 0.1) is 0 Å². The zero-order valence-corrected chi connectivity index (χ0v) is 25.5. The highest BCUT2D eigenvalue weighted by molar-refractivity contribution is 6.98. The molecule has 2 nitrogen and oxygen atoms in total. The monoisotopic (exact) mass is 598 g/mol. The number of hydrogen-bond acceptors (Lipinski definition) is 2. The van der Waals surface area contributed by atoms with Crippen molar-refractivity contribution in [3.63, 3.8) is 0 Å². The molecule has 218 valence electrons. The molecule has 0 unspecified atom stereocenters. The quantitative estimate of drug-likeness (QED) is 0.149. The van der Waals surface area contributed by atoms with Crippen LogP contribution < -0.4 is 25.9 Å². The fourth-order valence-corrected chi connectivity index (χ4v) is 7.77. The van der Waals surface area contributed by atoms with Gasteiger partial charge in [0.05, 0.1) is 0 Å². The maximum atomic E-state index is 6.49. The molecule has 0 aromatic heterocycles. The molecule has 47 heavy (non-hydrogen) atoms. The van der Waals surface area contributed by atoms with Gasteiger partial charge in [-0.1, -0.05) is 133 Å². The van der Waals surface area contributed by atoms with Crippen LogP contribution in [0.2, 0.25) is 0 Å². The maximum absolute atomic E-state index is 6.49. The van der Waals surface area contributed by atoms with Crippen LogP contribution in [0.5, 0.6) is 23.0 Å². The first-order valence-corrected chi connectivity index (χ1v) is 16.1. The number of benzene rings is 8. The predicted molar refractivity (Wildman–Crippen MR) is 195 cm³/mol. The zero-order chi connectivity index (χ0) is 30.9. The number of fused-ring (bicyclic) bond motifs is 6. The Bertz CT molecular complexity index is 2460. The third-order valence-corrected chi connectivity index (χ3v) is 9.78. The molecule has 0 fully saturated rings. The van der Waals surface area contributed by atoms with E-state index in [1.807, 2.05) is 24.3 Å². The van der Waals surface area contributed by atoms with Gasteiger partial charge in [0.15, 0.2) is 0 Å². The molecule has 2 heterocycles. The van der Waals surface area contributed by atoms with E-state index in [-0.39, 0.29) is 6.71 Å². The zero-order valence-electron chi connectivity index (χ0n) is 25.5. The summed E-state index contributed by atoms with van der Waals surface area (Å²) in [5.41, 5.74) is 10.7. The minimum Gasteiger partial charge on any atom is -0.458 e. The van der Waals surface area contributed by atoms with Crippen molar-refractivity contribution in [1.82, 2.24) is 0 Å². The first-order chi connectivity index (χ1) is 23.3. The Morgan fingerprint density at radius 1 is 0.319 bits per heavy atom. The van der Waals surface area contributed by atoms with E-state index >= 15 is 0 Å². The molecule has 8 aromatic carbocycles. The molecule has 0 aliphatic carbocycles. The summed E-state index contributed by atoms with van der Waals surface area (Å²) < 4.78 is 12.8. The number of hydrogen-bond donors (Lipinski definition) is 0. The Kier molecular flexibility index (Phi) is 5.70. The van der Waals surface area contributed by atoms with Gasteiger partial charge in [-0.2, -0.15) is 0 Å². The minimum absolute atomic E-state index is 0.0384. The molecule has 0 saturated heterocycles. The molecule has 3 heteroatoms. The summed E-state index contributed by atoms with van der Waals surface area (Å²) in [7, 11) is 0.